The van der Waals surface area contributed by atoms with E-state index < -0.39 is 24.3 Å². The first-order valence-corrected chi connectivity index (χ1v) is 9.98. The number of halogens is 4. The highest BCUT2D eigenvalue weighted by Gasteiger charge is 2.43. The first-order chi connectivity index (χ1) is 13.2. The van der Waals surface area contributed by atoms with Gasteiger partial charge in [-0.05, 0) is 53.8 Å². The molecule has 1 fully saturated rings. The normalized spacial score (nSPS) is 19.2. The number of rotatable bonds is 2. The maximum Gasteiger partial charge on any atom is 0.266 e. The molecule has 1 aliphatic heterocycles. The molecule has 0 spiro atoms. The summed E-state index contributed by atoms with van der Waals surface area (Å²) in [5.41, 5.74) is 1.57. The molecule has 1 unspecified atom stereocenters. The van der Waals surface area contributed by atoms with Gasteiger partial charge in [-0.25, -0.2) is 18.3 Å². The van der Waals surface area contributed by atoms with E-state index in [1.54, 1.807) is 31.2 Å². The van der Waals surface area contributed by atoms with Crippen LogP contribution in [0.3, 0.4) is 0 Å². The number of hydrogen-bond donors (Lipinski definition) is 0. The topological polar surface area (TPSA) is 63.4 Å². The molecule has 1 amide bonds. The second-order valence-electron chi connectivity index (χ2n) is 6.87. The molecule has 2 aromatic heterocycles. The molecule has 0 N–H and O–H groups in total. The number of fused-ring (bicyclic) bond motifs is 1. The molecule has 0 radical (unpaired) electrons. The zero-order chi connectivity index (χ0) is 20.1. The highest BCUT2D eigenvalue weighted by molar-refractivity contribution is 14.1. The lowest BCUT2D eigenvalue weighted by Crippen LogP contribution is -2.49. The number of benzene rings is 1. The summed E-state index contributed by atoms with van der Waals surface area (Å²) < 4.78 is 31.3. The lowest BCUT2D eigenvalue weighted by molar-refractivity contribution is -0.0641. The predicted molar refractivity (Wildman–Crippen MR) is 108 cm³/mol. The minimum Gasteiger partial charge on any atom is -0.332 e. The summed E-state index contributed by atoms with van der Waals surface area (Å²) in [6, 6.07) is 6.49. The Hall–Kier alpha value is -1.88. The van der Waals surface area contributed by atoms with Crippen LogP contribution >= 0.6 is 34.2 Å². The van der Waals surface area contributed by atoms with Crippen LogP contribution in [-0.2, 0) is 0 Å². The number of piperidine rings is 1. The molecule has 3 heterocycles. The van der Waals surface area contributed by atoms with E-state index in [4.69, 9.17) is 11.6 Å². The van der Waals surface area contributed by atoms with Crippen molar-refractivity contribution >= 4 is 45.9 Å². The van der Waals surface area contributed by atoms with E-state index in [-0.39, 0.29) is 13.0 Å². The molecular weight excluding hydrogens is 503 g/mol. The summed E-state index contributed by atoms with van der Waals surface area (Å²) in [7, 11) is 0. The van der Waals surface area contributed by atoms with Gasteiger partial charge >= 0.3 is 0 Å². The van der Waals surface area contributed by atoms with Crippen LogP contribution in [0, 0.1) is 10.5 Å². The van der Waals surface area contributed by atoms with Gasteiger partial charge in [0.1, 0.15) is 6.33 Å². The van der Waals surface area contributed by atoms with Crippen molar-refractivity contribution in [2.24, 2.45) is 0 Å². The van der Waals surface area contributed by atoms with Crippen molar-refractivity contribution < 1.29 is 13.6 Å². The Morgan fingerprint density at radius 2 is 2.14 bits per heavy atom. The lowest BCUT2D eigenvalue weighted by Gasteiger charge is -2.37. The SMILES string of the molecule is Cc1cc(C2CN(C(=O)c3ccc(Cl)c(I)c3)CC(F)(F)C2)n2ncnc2n1. The van der Waals surface area contributed by atoms with Gasteiger partial charge in [-0.15, -0.1) is 0 Å². The molecule has 0 aliphatic carbocycles. The Morgan fingerprint density at radius 1 is 1.36 bits per heavy atom. The van der Waals surface area contributed by atoms with Crippen molar-refractivity contribution in [1.29, 1.82) is 0 Å². The molecule has 146 valence electrons. The number of alkyl halides is 2. The quantitative estimate of drug-likeness (QED) is 0.483. The third-order valence-electron chi connectivity index (χ3n) is 4.69. The number of carbonyl (C=O) groups excluding carboxylic acids is 1. The fourth-order valence-corrected chi connectivity index (χ4v) is 4.15. The molecule has 0 bridgehead atoms. The van der Waals surface area contributed by atoms with Crippen LogP contribution in [-0.4, -0.2) is 49.4 Å². The van der Waals surface area contributed by atoms with Crippen LogP contribution in [0.1, 0.15) is 34.1 Å². The minimum absolute atomic E-state index is 0.159. The van der Waals surface area contributed by atoms with Crippen molar-refractivity contribution in [3.05, 3.63) is 56.1 Å². The third kappa shape index (κ3) is 3.69. The Kier molecular flexibility index (Phi) is 4.98. The second-order valence-corrected chi connectivity index (χ2v) is 8.44. The monoisotopic (exact) mass is 517 g/mol. The molecule has 1 atom stereocenters. The summed E-state index contributed by atoms with van der Waals surface area (Å²) in [6.45, 7) is 1.32. The van der Waals surface area contributed by atoms with Crippen molar-refractivity contribution in [3.63, 3.8) is 0 Å². The van der Waals surface area contributed by atoms with E-state index in [0.717, 1.165) is 0 Å². The molecule has 0 saturated carbocycles. The molecular formula is C18H15ClF2IN5O. The average molecular weight is 518 g/mol. The highest BCUT2D eigenvalue weighted by Crippen LogP contribution is 2.37. The number of aromatic nitrogens is 4. The lowest BCUT2D eigenvalue weighted by atomic mass is 9.91. The molecule has 6 nitrogen and oxygen atoms in total. The first kappa shape index (κ1) is 19.4. The number of aryl methyl sites for hydroxylation is 1. The summed E-state index contributed by atoms with van der Waals surface area (Å²) in [6.07, 6.45) is 0.970. The Morgan fingerprint density at radius 3 is 2.89 bits per heavy atom. The Balaban J connectivity index is 1.69. The van der Waals surface area contributed by atoms with Crippen molar-refractivity contribution in [3.8, 4) is 0 Å². The maximum atomic E-state index is 14.6. The smallest absolute Gasteiger partial charge is 0.266 e. The fourth-order valence-electron chi connectivity index (χ4n) is 3.51. The molecule has 1 saturated heterocycles. The first-order valence-electron chi connectivity index (χ1n) is 8.53. The van der Waals surface area contributed by atoms with Gasteiger partial charge in [0.25, 0.3) is 17.6 Å². The van der Waals surface area contributed by atoms with Gasteiger partial charge < -0.3 is 4.90 Å². The Labute approximate surface area is 178 Å². The van der Waals surface area contributed by atoms with E-state index in [1.165, 1.54) is 15.7 Å². The molecule has 3 aromatic rings. The second kappa shape index (κ2) is 7.18. The zero-order valence-electron chi connectivity index (χ0n) is 14.7. The molecule has 10 heteroatoms. The summed E-state index contributed by atoms with van der Waals surface area (Å²) in [4.78, 5) is 22.4. The summed E-state index contributed by atoms with van der Waals surface area (Å²) in [5.74, 6) is -3.69. The van der Waals surface area contributed by atoms with Crippen LogP contribution < -0.4 is 0 Å². The number of likely N-dealkylation sites (tertiary alicyclic amines) is 1. The van der Waals surface area contributed by atoms with Gasteiger partial charge in [-0.3, -0.25) is 4.79 Å². The number of hydrogen-bond acceptors (Lipinski definition) is 4. The van der Waals surface area contributed by atoms with Gasteiger partial charge in [0.15, 0.2) is 0 Å². The number of nitrogens with zero attached hydrogens (tertiary/aromatic N) is 5. The maximum absolute atomic E-state index is 14.6. The third-order valence-corrected chi connectivity index (χ3v) is 6.23. The zero-order valence-corrected chi connectivity index (χ0v) is 17.7. The van der Waals surface area contributed by atoms with Crippen LogP contribution in [0.4, 0.5) is 8.78 Å². The fraction of sp³-hybridized carbons (Fsp3) is 0.333. The van der Waals surface area contributed by atoms with Gasteiger partial charge in [0.05, 0.1) is 17.3 Å². The van der Waals surface area contributed by atoms with Crippen LogP contribution in [0.2, 0.25) is 5.02 Å². The molecule has 1 aromatic carbocycles. The van der Waals surface area contributed by atoms with Crippen molar-refractivity contribution in [2.45, 2.75) is 25.2 Å². The van der Waals surface area contributed by atoms with Gasteiger partial charge in [-0.1, -0.05) is 11.6 Å². The van der Waals surface area contributed by atoms with Gasteiger partial charge in [0.2, 0.25) is 0 Å². The molecule has 28 heavy (non-hydrogen) atoms. The van der Waals surface area contributed by atoms with E-state index >= 15 is 0 Å². The van der Waals surface area contributed by atoms with Crippen LogP contribution in [0.15, 0.2) is 30.6 Å². The summed E-state index contributed by atoms with van der Waals surface area (Å²) in [5, 5.41) is 4.62. The van der Waals surface area contributed by atoms with Crippen LogP contribution in [0.5, 0.6) is 0 Å². The summed E-state index contributed by atoms with van der Waals surface area (Å²) >= 11 is 8.02. The number of carbonyl (C=O) groups is 1. The standard InChI is InChI=1S/C18H15ClF2IN5O/c1-10-4-15(27-17(25-10)23-9-24-27)12-6-18(20,21)8-26(7-12)16(28)11-2-3-13(19)14(22)5-11/h2-5,9,12H,6-8H2,1H3. The van der Waals surface area contributed by atoms with Crippen LogP contribution in [0.25, 0.3) is 5.78 Å². The molecule has 4 rings (SSSR count). The van der Waals surface area contributed by atoms with Crippen molar-refractivity contribution in [2.75, 3.05) is 13.1 Å². The van der Waals surface area contributed by atoms with Crippen molar-refractivity contribution in [1.82, 2.24) is 24.5 Å². The Bertz CT molecular complexity index is 1070. The highest BCUT2D eigenvalue weighted by atomic mass is 127. The van der Waals surface area contributed by atoms with E-state index in [0.29, 0.717) is 31.3 Å². The predicted octanol–water partition coefficient (Wildman–Crippen LogP) is 3.96. The van der Waals surface area contributed by atoms with E-state index in [9.17, 15) is 13.6 Å². The largest absolute Gasteiger partial charge is 0.332 e. The number of amides is 1. The van der Waals surface area contributed by atoms with Gasteiger partial charge in [-0.2, -0.15) is 10.1 Å². The molecule has 1 aliphatic rings. The van der Waals surface area contributed by atoms with Gasteiger partial charge in [0, 0.05) is 33.7 Å². The minimum atomic E-state index is -3.01. The van der Waals surface area contributed by atoms with E-state index in [2.05, 4.69) is 15.1 Å². The van der Waals surface area contributed by atoms with E-state index in [1.807, 2.05) is 22.6 Å². The average Bonchev–Trinajstić information content (AvgIpc) is 3.09.